The zero-order valence-electron chi connectivity index (χ0n) is 15.6. The Morgan fingerprint density at radius 3 is 2.04 bits per heavy atom. The summed E-state index contributed by atoms with van der Waals surface area (Å²) in [4.78, 5) is 14.0. The number of amides is 1. The molecule has 0 spiro atoms. The molecule has 0 aromatic heterocycles. The van der Waals surface area contributed by atoms with Gasteiger partial charge in [0, 0.05) is 32.7 Å². The van der Waals surface area contributed by atoms with Crippen LogP contribution in [0.4, 0.5) is 0 Å². The van der Waals surface area contributed by atoms with Crippen molar-refractivity contribution in [2.24, 2.45) is 0 Å². The summed E-state index contributed by atoms with van der Waals surface area (Å²) in [7, 11) is 0. The van der Waals surface area contributed by atoms with E-state index >= 15 is 0 Å². The first-order chi connectivity index (χ1) is 11.2. The highest BCUT2D eigenvalue weighted by atomic mass is 16.3. The quantitative estimate of drug-likeness (QED) is 0.400. The van der Waals surface area contributed by atoms with Gasteiger partial charge in [-0.1, -0.05) is 65.2 Å². The van der Waals surface area contributed by atoms with Crippen LogP contribution in [0.2, 0.25) is 0 Å². The average molecular weight is 329 g/mol. The van der Waals surface area contributed by atoms with Gasteiger partial charge in [0.2, 0.25) is 5.91 Å². The van der Waals surface area contributed by atoms with Crippen LogP contribution in [0.3, 0.4) is 0 Å². The van der Waals surface area contributed by atoms with Crippen LogP contribution in [0.25, 0.3) is 0 Å². The van der Waals surface area contributed by atoms with E-state index in [1.54, 1.807) is 0 Å². The zero-order chi connectivity index (χ0) is 17.2. The van der Waals surface area contributed by atoms with E-state index in [0.717, 1.165) is 39.0 Å². The first kappa shape index (κ1) is 22.4. The van der Waals surface area contributed by atoms with Crippen molar-refractivity contribution in [3.05, 3.63) is 0 Å². The third-order valence-electron chi connectivity index (χ3n) is 4.34. The highest BCUT2D eigenvalue weighted by Crippen LogP contribution is 2.10. The number of hydrogen-bond acceptors (Lipinski definition) is 3. The van der Waals surface area contributed by atoms with Gasteiger partial charge in [-0.3, -0.25) is 4.79 Å². The summed E-state index contributed by atoms with van der Waals surface area (Å²) in [5, 5.41) is 11.8. The molecule has 4 nitrogen and oxygen atoms in total. The van der Waals surface area contributed by atoms with Crippen molar-refractivity contribution in [1.29, 1.82) is 0 Å². The average Bonchev–Trinajstić information content (AvgIpc) is 2.56. The van der Waals surface area contributed by atoms with Gasteiger partial charge >= 0.3 is 0 Å². The van der Waals surface area contributed by atoms with Crippen LogP contribution >= 0.6 is 0 Å². The standard InChI is InChI=1S/C19H40N2O2/c1-3-5-6-7-8-9-10-11-12-14-19(23)20-15-17-21(4-2)16-13-18-22/h22H,3-18H2,1-2H3,(H,20,23). The number of aliphatic hydroxyl groups is 1. The van der Waals surface area contributed by atoms with E-state index in [1.165, 1.54) is 51.4 Å². The van der Waals surface area contributed by atoms with Gasteiger partial charge in [0.25, 0.3) is 0 Å². The first-order valence-corrected chi connectivity index (χ1v) is 9.84. The fourth-order valence-corrected chi connectivity index (χ4v) is 2.76. The summed E-state index contributed by atoms with van der Waals surface area (Å²) in [6.45, 7) is 8.06. The van der Waals surface area contributed by atoms with Crippen molar-refractivity contribution in [2.45, 2.75) is 84.5 Å². The molecule has 2 N–H and O–H groups in total. The van der Waals surface area contributed by atoms with Gasteiger partial charge in [-0.05, 0) is 19.4 Å². The Labute approximate surface area is 144 Å². The number of aliphatic hydroxyl groups excluding tert-OH is 1. The molecule has 0 fully saturated rings. The van der Waals surface area contributed by atoms with E-state index in [1.807, 2.05) is 0 Å². The minimum absolute atomic E-state index is 0.186. The highest BCUT2D eigenvalue weighted by molar-refractivity contribution is 5.75. The van der Waals surface area contributed by atoms with E-state index in [0.29, 0.717) is 6.42 Å². The van der Waals surface area contributed by atoms with Gasteiger partial charge in [-0.15, -0.1) is 0 Å². The SMILES string of the molecule is CCCCCCCCCCCC(=O)NCCN(CC)CCCO. The van der Waals surface area contributed by atoms with Gasteiger partial charge in [-0.25, -0.2) is 0 Å². The van der Waals surface area contributed by atoms with Gasteiger partial charge in [0.05, 0.1) is 0 Å². The Balaban J connectivity index is 3.36. The third kappa shape index (κ3) is 16.0. The Hall–Kier alpha value is -0.610. The maximum absolute atomic E-state index is 11.8. The molecule has 0 saturated heterocycles. The van der Waals surface area contributed by atoms with Crippen LogP contribution in [-0.4, -0.2) is 48.7 Å². The Morgan fingerprint density at radius 2 is 1.48 bits per heavy atom. The molecule has 0 rings (SSSR count). The van der Waals surface area contributed by atoms with Crippen LogP contribution in [0, 0.1) is 0 Å². The molecule has 0 aromatic carbocycles. The molecule has 0 saturated carbocycles. The minimum atomic E-state index is 0.186. The molecule has 138 valence electrons. The summed E-state index contributed by atoms with van der Waals surface area (Å²) in [5.74, 6) is 0.186. The molecule has 0 aliphatic rings. The lowest BCUT2D eigenvalue weighted by molar-refractivity contribution is -0.121. The summed E-state index contributed by atoms with van der Waals surface area (Å²) in [5.41, 5.74) is 0. The van der Waals surface area contributed by atoms with E-state index in [4.69, 9.17) is 5.11 Å². The van der Waals surface area contributed by atoms with Crippen molar-refractivity contribution in [3.8, 4) is 0 Å². The summed E-state index contributed by atoms with van der Waals surface area (Å²) < 4.78 is 0. The second-order valence-electron chi connectivity index (χ2n) is 6.44. The second kappa shape index (κ2) is 17.7. The number of nitrogens with zero attached hydrogens (tertiary/aromatic N) is 1. The maximum atomic E-state index is 11.8. The molecule has 0 aromatic rings. The molecule has 0 aliphatic heterocycles. The van der Waals surface area contributed by atoms with Gasteiger partial charge in [0.1, 0.15) is 0 Å². The van der Waals surface area contributed by atoms with Crippen LogP contribution in [0.5, 0.6) is 0 Å². The smallest absolute Gasteiger partial charge is 0.220 e. The Kier molecular flexibility index (Phi) is 17.3. The van der Waals surface area contributed by atoms with Crippen LogP contribution in [0.1, 0.15) is 84.5 Å². The number of unbranched alkanes of at least 4 members (excludes halogenated alkanes) is 8. The molecule has 0 aliphatic carbocycles. The summed E-state index contributed by atoms with van der Waals surface area (Å²) in [6, 6.07) is 0. The summed E-state index contributed by atoms with van der Waals surface area (Å²) in [6.07, 6.45) is 13.0. The molecule has 1 amide bonds. The molecular formula is C19H40N2O2. The third-order valence-corrected chi connectivity index (χ3v) is 4.34. The fourth-order valence-electron chi connectivity index (χ4n) is 2.76. The van der Waals surface area contributed by atoms with E-state index in [-0.39, 0.29) is 12.5 Å². The Bertz CT molecular complexity index is 260. The van der Waals surface area contributed by atoms with Gasteiger partial charge in [0.15, 0.2) is 0 Å². The predicted octanol–water partition coefficient (Wildman–Crippen LogP) is 3.73. The minimum Gasteiger partial charge on any atom is -0.396 e. The van der Waals surface area contributed by atoms with Crippen molar-refractivity contribution in [1.82, 2.24) is 10.2 Å². The number of carbonyl (C=O) groups is 1. The molecule has 0 bridgehead atoms. The first-order valence-electron chi connectivity index (χ1n) is 9.84. The van der Waals surface area contributed by atoms with E-state index in [2.05, 4.69) is 24.1 Å². The number of hydrogen-bond donors (Lipinski definition) is 2. The van der Waals surface area contributed by atoms with Crippen LogP contribution in [0.15, 0.2) is 0 Å². The molecule has 0 unspecified atom stereocenters. The number of rotatable bonds is 17. The zero-order valence-corrected chi connectivity index (χ0v) is 15.6. The van der Waals surface area contributed by atoms with Crippen molar-refractivity contribution >= 4 is 5.91 Å². The van der Waals surface area contributed by atoms with Crippen molar-refractivity contribution in [2.75, 3.05) is 32.8 Å². The molecule has 23 heavy (non-hydrogen) atoms. The largest absolute Gasteiger partial charge is 0.396 e. The Morgan fingerprint density at radius 1 is 0.870 bits per heavy atom. The monoisotopic (exact) mass is 328 g/mol. The lowest BCUT2D eigenvalue weighted by Crippen LogP contribution is -2.35. The maximum Gasteiger partial charge on any atom is 0.220 e. The molecule has 0 heterocycles. The summed E-state index contributed by atoms with van der Waals surface area (Å²) >= 11 is 0. The van der Waals surface area contributed by atoms with E-state index in [9.17, 15) is 4.79 Å². The van der Waals surface area contributed by atoms with Crippen molar-refractivity contribution in [3.63, 3.8) is 0 Å². The van der Waals surface area contributed by atoms with Gasteiger partial charge < -0.3 is 15.3 Å². The lowest BCUT2D eigenvalue weighted by Gasteiger charge is -2.19. The normalized spacial score (nSPS) is 11.1. The number of nitrogens with one attached hydrogen (secondary N) is 1. The topological polar surface area (TPSA) is 52.6 Å². The van der Waals surface area contributed by atoms with Gasteiger partial charge in [-0.2, -0.15) is 0 Å². The number of carbonyl (C=O) groups excluding carboxylic acids is 1. The van der Waals surface area contributed by atoms with Crippen LogP contribution < -0.4 is 5.32 Å². The molecule has 0 radical (unpaired) electrons. The molecule has 4 heteroatoms. The second-order valence-corrected chi connectivity index (χ2v) is 6.44. The predicted molar refractivity (Wildman–Crippen MR) is 98.7 cm³/mol. The molecule has 0 atom stereocenters. The molecular weight excluding hydrogens is 288 g/mol. The number of likely N-dealkylation sites (N-methyl/N-ethyl adjacent to an activating group) is 1. The van der Waals surface area contributed by atoms with Crippen molar-refractivity contribution < 1.29 is 9.90 Å². The highest BCUT2D eigenvalue weighted by Gasteiger charge is 2.04. The lowest BCUT2D eigenvalue weighted by atomic mass is 10.1. The van der Waals surface area contributed by atoms with Crippen LogP contribution in [-0.2, 0) is 4.79 Å². The van der Waals surface area contributed by atoms with E-state index < -0.39 is 0 Å². The fraction of sp³-hybridized carbons (Fsp3) is 0.947.